The van der Waals surface area contributed by atoms with Crippen LogP contribution in [0.3, 0.4) is 0 Å². The predicted octanol–water partition coefficient (Wildman–Crippen LogP) is 4.10. The molecule has 1 amide bonds. The van der Waals surface area contributed by atoms with Gasteiger partial charge in [0.25, 0.3) is 5.91 Å². The van der Waals surface area contributed by atoms with Gasteiger partial charge in [-0.2, -0.15) is 5.10 Å². The van der Waals surface area contributed by atoms with Crippen molar-refractivity contribution in [3.05, 3.63) is 77.5 Å². The summed E-state index contributed by atoms with van der Waals surface area (Å²) >= 11 is 0. The largest absolute Gasteiger partial charge is 0.486 e. The quantitative estimate of drug-likeness (QED) is 0.451. The van der Waals surface area contributed by atoms with Crippen LogP contribution < -0.4 is 4.74 Å². The van der Waals surface area contributed by atoms with E-state index in [2.05, 4.69) is 10.1 Å². The number of carbonyl (C=O) groups is 1. The highest BCUT2D eigenvalue weighted by atomic mass is 19.1. The number of aromatic nitrogens is 3. The molecular formula is C26H23FN4O3. The molecule has 1 atom stereocenters. The fraction of sp³-hybridized carbons (Fsp3) is 0.269. The average Bonchev–Trinajstić information content (AvgIpc) is 3.55. The maximum atomic E-state index is 15.2. The molecule has 0 bridgehead atoms. The Morgan fingerprint density at radius 1 is 1.21 bits per heavy atom. The minimum Gasteiger partial charge on any atom is -0.486 e. The number of nitrogens with zero attached hydrogens (tertiary/aromatic N) is 4. The highest BCUT2D eigenvalue weighted by molar-refractivity contribution is 5.98. The van der Waals surface area contributed by atoms with Crippen molar-refractivity contribution in [2.75, 3.05) is 13.2 Å². The van der Waals surface area contributed by atoms with Gasteiger partial charge in [0, 0.05) is 43.4 Å². The van der Waals surface area contributed by atoms with Crippen LogP contribution in [-0.2, 0) is 24.9 Å². The van der Waals surface area contributed by atoms with Crippen LogP contribution in [-0.4, -0.2) is 44.9 Å². The number of halogens is 1. The third-order valence-electron chi connectivity index (χ3n) is 6.41. The molecule has 0 unspecified atom stereocenters. The highest BCUT2D eigenvalue weighted by Crippen LogP contribution is 2.35. The normalized spacial score (nSPS) is 17.5. The topological polar surface area (TPSA) is 69.5 Å². The molecular weight excluding hydrogens is 435 g/mol. The van der Waals surface area contributed by atoms with Gasteiger partial charge in [0.1, 0.15) is 23.2 Å². The smallest absolute Gasteiger partial charge is 0.256 e. The van der Waals surface area contributed by atoms with Crippen LogP contribution in [0.1, 0.15) is 28.0 Å². The number of rotatable bonds is 5. The Morgan fingerprint density at radius 2 is 2.12 bits per heavy atom. The van der Waals surface area contributed by atoms with Gasteiger partial charge in [-0.15, -0.1) is 0 Å². The Kier molecular flexibility index (Phi) is 5.03. The van der Waals surface area contributed by atoms with Crippen molar-refractivity contribution in [3.8, 4) is 16.9 Å². The number of benzene rings is 2. The molecule has 0 saturated carbocycles. The maximum absolute atomic E-state index is 15.2. The lowest BCUT2D eigenvalue weighted by Crippen LogP contribution is -2.23. The Bertz CT molecular complexity index is 1410. The summed E-state index contributed by atoms with van der Waals surface area (Å²) in [5.41, 5.74) is 4.14. The molecule has 4 heterocycles. The number of hydrogen-bond acceptors (Lipinski definition) is 5. The predicted molar refractivity (Wildman–Crippen MR) is 124 cm³/mol. The van der Waals surface area contributed by atoms with Gasteiger partial charge >= 0.3 is 0 Å². The van der Waals surface area contributed by atoms with E-state index >= 15 is 4.39 Å². The monoisotopic (exact) mass is 458 g/mol. The summed E-state index contributed by atoms with van der Waals surface area (Å²) in [7, 11) is 1.86. The molecule has 34 heavy (non-hydrogen) atoms. The molecule has 1 saturated heterocycles. The molecule has 0 spiro atoms. The molecule has 7 nitrogen and oxygen atoms in total. The summed E-state index contributed by atoms with van der Waals surface area (Å²) in [4.78, 5) is 18.5. The van der Waals surface area contributed by atoms with Crippen molar-refractivity contribution < 1.29 is 18.7 Å². The van der Waals surface area contributed by atoms with Gasteiger partial charge in [-0.25, -0.2) is 4.39 Å². The van der Waals surface area contributed by atoms with E-state index in [1.165, 1.54) is 6.07 Å². The van der Waals surface area contributed by atoms with Gasteiger partial charge in [-0.05, 0) is 41.5 Å². The molecule has 2 aliphatic heterocycles. The molecule has 0 radical (unpaired) electrons. The maximum Gasteiger partial charge on any atom is 0.256 e. The van der Waals surface area contributed by atoms with Gasteiger partial charge < -0.3 is 14.4 Å². The molecule has 2 aliphatic rings. The third kappa shape index (κ3) is 3.60. The van der Waals surface area contributed by atoms with E-state index in [4.69, 9.17) is 9.47 Å². The molecule has 1 fully saturated rings. The fourth-order valence-corrected chi connectivity index (χ4v) is 4.69. The lowest BCUT2D eigenvalue weighted by molar-refractivity contribution is 0.0765. The van der Waals surface area contributed by atoms with Crippen molar-refractivity contribution in [3.63, 3.8) is 0 Å². The van der Waals surface area contributed by atoms with Crippen molar-refractivity contribution in [1.29, 1.82) is 0 Å². The number of amides is 1. The summed E-state index contributed by atoms with van der Waals surface area (Å²) in [6, 6.07) is 12.5. The summed E-state index contributed by atoms with van der Waals surface area (Å²) in [6.45, 7) is 1.86. The van der Waals surface area contributed by atoms with E-state index < -0.39 is 0 Å². The first-order valence-electron chi connectivity index (χ1n) is 11.3. The van der Waals surface area contributed by atoms with Gasteiger partial charge in [-0.1, -0.05) is 12.1 Å². The van der Waals surface area contributed by atoms with Crippen LogP contribution in [0.15, 0.2) is 54.9 Å². The lowest BCUT2D eigenvalue weighted by Gasteiger charge is -2.17. The summed E-state index contributed by atoms with van der Waals surface area (Å²) < 4.78 is 28.5. The van der Waals surface area contributed by atoms with Crippen LogP contribution in [0.4, 0.5) is 4.39 Å². The van der Waals surface area contributed by atoms with Crippen LogP contribution in [0, 0.1) is 5.82 Å². The fourth-order valence-electron chi connectivity index (χ4n) is 4.69. The van der Waals surface area contributed by atoms with Crippen LogP contribution in [0.2, 0.25) is 0 Å². The van der Waals surface area contributed by atoms with E-state index in [0.717, 1.165) is 34.1 Å². The second-order valence-electron chi connectivity index (χ2n) is 8.74. The van der Waals surface area contributed by atoms with E-state index in [-0.39, 0.29) is 24.4 Å². The SMILES string of the molecule is Cn1cc2c(-c3ccc(CN4Cc5ncccc5C4=O)c(F)c3)ccc(O[C@H]3CCOC3)c2n1. The van der Waals surface area contributed by atoms with Crippen molar-refractivity contribution in [2.24, 2.45) is 7.05 Å². The molecule has 0 aliphatic carbocycles. The van der Waals surface area contributed by atoms with E-state index in [0.29, 0.717) is 36.6 Å². The zero-order chi connectivity index (χ0) is 23.2. The Balaban J connectivity index is 1.29. The molecule has 4 aromatic rings. The van der Waals surface area contributed by atoms with E-state index in [1.54, 1.807) is 34.0 Å². The highest BCUT2D eigenvalue weighted by Gasteiger charge is 2.28. The Hall–Kier alpha value is -3.78. The van der Waals surface area contributed by atoms with E-state index in [9.17, 15) is 4.79 Å². The number of pyridine rings is 1. The number of carbonyl (C=O) groups excluding carboxylic acids is 1. The summed E-state index contributed by atoms with van der Waals surface area (Å²) in [6.07, 6.45) is 4.45. The van der Waals surface area contributed by atoms with Crippen LogP contribution in [0.25, 0.3) is 22.0 Å². The number of hydrogen-bond donors (Lipinski definition) is 0. The zero-order valence-corrected chi connectivity index (χ0v) is 18.7. The Morgan fingerprint density at radius 3 is 2.91 bits per heavy atom. The second-order valence-corrected chi connectivity index (χ2v) is 8.74. The number of aryl methyl sites for hydroxylation is 1. The van der Waals surface area contributed by atoms with Crippen molar-refractivity contribution >= 4 is 16.8 Å². The van der Waals surface area contributed by atoms with Gasteiger partial charge in [0.05, 0.1) is 31.0 Å². The van der Waals surface area contributed by atoms with Gasteiger partial charge in [0.2, 0.25) is 0 Å². The molecule has 0 N–H and O–H groups in total. The lowest BCUT2D eigenvalue weighted by atomic mass is 9.99. The second kappa shape index (κ2) is 8.22. The van der Waals surface area contributed by atoms with Crippen LogP contribution >= 0.6 is 0 Å². The first-order valence-corrected chi connectivity index (χ1v) is 11.3. The Labute approximate surface area is 195 Å². The molecule has 8 heteroatoms. The average molecular weight is 458 g/mol. The third-order valence-corrected chi connectivity index (χ3v) is 6.41. The van der Waals surface area contributed by atoms with E-state index in [1.807, 2.05) is 31.4 Å². The minimum absolute atomic E-state index is 0.0161. The zero-order valence-electron chi connectivity index (χ0n) is 18.7. The summed E-state index contributed by atoms with van der Waals surface area (Å²) in [5, 5.41) is 5.48. The minimum atomic E-state index is -0.352. The van der Waals surface area contributed by atoms with Gasteiger partial charge in [-0.3, -0.25) is 14.5 Å². The first kappa shape index (κ1) is 20.8. The molecule has 2 aromatic carbocycles. The molecule has 2 aromatic heterocycles. The van der Waals surface area contributed by atoms with Crippen LogP contribution in [0.5, 0.6) is 5.75 Å². The molecule has 172 valence electrons. The summed E-state index contributed by atoms with van der Waals surface area (Å²) in [5.74, 6) is 0.231. The van der Waals surface area contributed by atoms with Gasteiger partial charge in [0.15, 0.2) is 0 Å². The van der Waals surface area contributed by atoms with Crippen molar-refractivity contribution in [2.45, 2.75) is 25.6 Å². The first-order chi connectivity index (χ1) is 16.6. The number of ether oxygens (including phenoxy) is 2. The standard InChI is InChI=1S/C26H23FN4O3/c1-30-13-21-19(6-7-24(25(21)29-30)34-18-8-10-33-15-18)16-4-5-17(22(27)11-16)12-31-14-23-20(26(31)32)3-2-9-28-23/h2-7,9,11,13,18H,8,10,12,14-15H2,1H3/t18-/m0/s1. The number of fused-ring (bicyclic) bond motifs is 2. The van der Waals surface area contributed by atoms with Crippen molar-refractivity contribution in [1.82, 2.24) is 19.7 Å². The molecule has 6 rings (SSSR count).